The Labute approximate surface area is 100 Å². The number of aliphatic hydroxyl groups is 1. The van der Waals surface area contributed by atoms with Crippen LogP contribution in [0.5, 0.6) is 0 Å². The van der Waals surface area contributed by atoms with Crippen molar-refractivity contribution in [3.63, 3.8) is 0 Å². The zero-order chi connectivity index (χ0) is 12.7. The van der Waals surface area contributed by atoms with Crippen LogP contribution in [-0.4, -0.2) is 28.2 Å². The summed E-state index contributed by atoms with van der Waals surface area (Å²) in [5.41, 5.74) is -0.161. The maximum atomic E-state index is 11.4. The second-order valence-corrected chi connectivity index (χ2v) is 3.90. The van der Waals surface area contributed by atoms with Gasteiger partial charge in [0.15, 0.2) is 0 Å². The van der Waals surface area contributed by atoms with Crippen LogP contribution >= 0.6 is 0 Å². The molecule has 0 radical (unpaired) electrons. The Bertz CT molecular complexity index is 414. The molecule has 1 amide bonds. The molecule has 1 aromatic rings. The fraction of sp³-hybridized carbons (Fsp3) is 0.500. The van der Waals surface area contributed by atoms with Crippen molar-refractivity contribution >= 4 is 5.91 Å². The summed E-state index contributed by atoms with van der Waals surface area (Å²) < 4.78 is 1.41. The van der Waals surface area contributed by atoms with Gasteiger partial charge < -0.3 is 15.0 Å². The molecule has 0 fully saturated rings. The van der Waals surface area contributed by atoms with Crippen molar-refractivity contribution in [2.24, 2.45) is 0 Å². The number of amides is 1. The van der Waals surface area contributed by atoms with Gasteiger partial charge in [0.2, 0.25) is 5.91 Å². The van der Waals surface area contributed by atoms with E-state index in [0.717, 1.165) is 6.42 Å². The van der Waals surface area contributed by atoms with Gasteiger partial charge in [-0.1, -0.05) is 13.0 Å². The Morgan fingerprint density at radius 1 is 1.53 bits per heavy atom. The number of rotatable bonds is 6. The number of aromatic nitrogens is 1. The van der Waals surface area contributed by atoms with Gasteiger partial charge in [-0.2, -0.15) is 0 Å². The highest BCUT2D eigenvalue weighted by Gasteiger charge is 2.07. The Balaban J connectivity index is 2.40. The molecule has 1 heterocycles. The minimum absolute atomic E-state index is 0.0769. The molecule has 1 rings (SSSR count). The standard InChI is InChI=1S/C12H18N2O3/c1-2-5-11(16)13-8-10(15)9-14-7-4-3-6-12(14)17/h3-4,6-7,10,15H,2,5,8-9H2,1H3,(H,13,16). The summed E-state index contributed by atoms with van der Waals surface area (Å²) in [6, 6.07) is 4.81. The van der Waals surface area contributed by atoms with Crippen LogP contribution < -0.4 is 10.9 Å². The zero-order valence-corrected chi connectivity index (χ0v) is 9.93. The maximum absolute atomic E-state index is 11.4. The summed E-state index contributed by atoms with van der Waals surface area (Å²) in [6.45, 7) is 2.27. The number of pyridine rings is 1. The molecule has 0 aliphatic carbocycles. The molecular formula is C12H18N2O3. The molecule has 0 aromatic carbocycles. The van der Waals surface area contributed by atoms with Gasteiger partial charge in [-0.25, -0.2) is 0 Å². The van der Waals surface area contributed by atoms with Crippen LogP contribution in [0.15, 0.2) is 29.2 Å². The minimum Gasteiger partial charge on any atom is -0.389 e. The molecule has 1 atom stereocenters. The molecule has 0 bridgehead atoms. The summed E-state index contributed by atoms with van der Waals surface area (Å²) in [5.74, 6) is -0.0769. The van der Waals surface area contributed by atoms with Crippen molar-refractivity contribution in [3.8, 4) is 0 Å². The predicted molar refractivity (Wildman–Crippen MR) is 64.6 cm³/mol. The Morgan fingerprint density at radius 3 is 2.94 bits per heavy atom. The lowest BCUT2D eigenvalue weighted by molar-refractivity contribution is -0.121. The van der Waals surface area contributed by atoms with Crippen molar-refractivity contribution in [2.45, 2.75) is 32.4 Å². The fourth-order valence-corrected chi connectivity index (χ4v) is 1.45. The molecule has 0 aliphatic heterocycles. The van der Waals surface area contributed by atoms with Gasteiger partial charge in [-0.05, 0) is 12.5 Å². The summed E-state index contributed by atoms with van der Waals surface area (Å²) in [6.07, 6.45) is 2.09. The van der Waals surface area contributed by atoms with Crippen LogP contribution in [0, 0.1) is 0 Å². The molecule has 0 aliphatic rings. The second-order valence-electron chi connectivity index (χ2n) is 3.90. The largest absolute Gasteiger partial charge is 0.389 e. The average Bonchev–Trinajstić information content (AvgIpc) is 2.30. The molecule has 17 heavy (non-hydrogen) atoms. The molecule has 2 N–H and O–H groups in total. The van der Waals surface area contributed by atoms with Crippen molar-refractivity contribution in [2.75, 3.05) is 6.54 Å². The molecule has 0 saturated carbocycles. The molecule has 1 aromatic heterocycles. The van der Waals surface area contributed by atoms with Crippen molar-refractivity contribution in [1.82, 2.24) is 9.88 Å². The highest BCUT2D eigenvalue weighted by molar-refractivity contribution is 5.75. The van der Waals surface area contributed by atoms with Gasteiger partial charge in [0.25, 0.3) is 5.56 Å². The number of nitrogens with one attached hydrogen (secondary N) is 1. The van der Waals surface area contributed by atoms with Crippen LogP contribution in [0.2, 0.25) is 0 Å². The number of carbonyl (C=O) groups excluding carboxylic acids is 1. The molecule has 1 unspecified atom stereocenters. The van der Waals surface area contributed by atoms with E-state index >= 15 is 0 Å². The summed E-state index contributed by atoms with van der Waals surface area (Å²) in [5, 5.41) is 12.3. The van der Waals surface area contributed by atoms with E-state index in [2.05, 4.69) is 5.32 Å². The van der Waals surface area contributed by atoms with E-state index in [-0.39, 0.29) is 24.6 Å². The molecule has 94 valence electrons. The zero-order valence-electron chi connectivity index (χ0n) is 9.93. The number of hydrogen-bond donors (Lipinski definition) is 2. The van der Waals surface area contributed by atoms with Crippen LogP contribution in [0.4, 0.5) is 0 Å². The van der Waals surface area contributed by atoms with Gasteiger partial charge in [0.1, 0.15) is 0 Å². The van der Waals surface area contributed by atoms with E-state index in [0.29, 0.717) is 6.42 Å². The number of nitrogens with zero attached hydrogens (tertiary/aromatic N) is 1. The molecular weight excluding hydrogens is 220 g/mol. The third-order valence-corrected chi connectivity index (χ3v) is 2.32. The first-order valence-electron chi connectivity index (χ1n) is 5.73. The van der Waals surface area contributed by atoms with Crippen LogP contribution in [0.1, 0.15) is 19.8 Å². The topological polar surface area (TPSA) is 71.3 Å². The first kappa shape index (κ1) is 13.4. The van der Waals surface area contributed by atoms with E-state index in [1.165, 1.54) is 10.6 Å². The monoisotopic (exact) mass is 238 g/mol. The van der Waals surface area contributed by atoms with E-state index in [1.54, 1.807) is 18.3 Å². The van der Waals surface area contributed by atoms with E-state index < -0.39 is 6.10 Å². The lowest BCUT2D eigenvalue weighted by Gasteiger charge is -2.13. The maximum Gasteiger partial charge on any atom is 0.250 e. The Hall–Kier alpha value is -1.62. The smallest absolute Gasteiger partial charge is 0.250 e. The lowest BCUT2D eigenvalue weighted by Crippen LogP contribution is -2.36. The summed E-state index contributed by atoms with van der Waals surface area (Å²) >= 11 is 0. The SMILES string of the molecule is CCCC(=O)NCC(O)Cn1ccccc1=O. The number of carbonyl (C=O) groups is 1. The van der Waals surface area contributed by atoms with Crippen LogP contribution in [0.25, 0.3) is 0 Å². The van der Waals surface area contributed by atoms with Crippen molar-refractivity contribution in [1.29, 1.82) is 0 Å². The van der Waals surface area contributed by atoms with Gasteiger partial charge >= 0.3 is 0 Å². The predicted octanol–water partition coefficient (Wildman–Crippen LogP) is 0.125. The minimum atomic E-state index is -0.754. The van der Waals surface area contributed by atoms with Crippen molar-refractivity contribution < 1.29 is 9.90 Å². The van der Waals surface area contributed by atoms with E-state index in [4.69, 9.17) is 0 Å². The molecule has 5 heteroatoms. The molecule has 0 spiro atoms. The first-order chi connectivity index (χ1) is 8.13. The van der Waals surface area contributed by atoms with Crippen molar-refractivity contribution in [3.05, 3.63) is 34.7 Å². The highest BCUT2D eigenvalue weighted by Crippen LogP contribution is 1.90. The number of aliphatic hydroxyl groups excluding tert-OH is 1. The van der Waals surface area contributed by atoms with Gasteiger partial charge in [0, 0.05) is 25.2 Å². The van der Waals surface area contributed by atoms with Gasteiger partial charge in [0.05, 0.1) is 12.6 Å². The van der Waals surface area contributed by atoms with Crippen LogP contribution in [-0.2, 0) is 11.3 Å². The Morgan fingerprint density at radius 2 is 2.29 bits per heavy atom. The third-order valence-electron chi connectivity index (χ3n) is 2.32. The molecule has 5 nitrogen and oxygen atoms in total. The lowest BCUT2D eigenvalue weighted by atomic mass is 10.3. The third kappa shape index (κ3) is 4.82. The normalized spacial score (nSPS) is 12.1. The molecule has 0 saturated heterocycles. The summed E-state index contributed by atoms with van der Waals surface area (Å²) in [4.78, 5) is 22.5. The average molecular weight is 238 g/mol. The van der Waals surface area contributed by atoms with E-state index in [9.17, 15) is 14.7 Å². The van der Waals surface area contributed by atoms with E-state index in [1.807, 2.05) is 6.92 Å². The second kappa shape index (κ2) is 6.85. The number of hydrogen-bond acceptors (Lipinski definition) is 3. The van der Waals surface area contributed by atoms with Gasteiger partial charge in [-0.3, -0.25) is 9.59 Å². The highest BCUT2D eigenvalue weighted by atomic mass is 16.3. The quantitative estimate of drug-likeness (QED) is 0.739. The summed E-state index contributed by atoms with van der Waals surface area (Å²) in [7, 11) is 0. The fourth-order valence-electron chi connectivity index (χ4n) is 1.45. The Kier molecular flexibility index (Phi) is 5.42. The van der Waals surface area contributed by atoms with Gasteiger partial charge in [-0.15, -0.1) is 0 Å². The van der Waals surface area contributed by atoms with Crippen LogP contribution in [0.3, 0.4) is 0 Å². The first-order valence-corrected chi connectivity index (χ1v) is 5.73.